The molecule has 3 atom stereocenters. The summed E-state index contributed by atoms with van der Waals surface area (Å²) in [6, 6.07) is 4.05. The number of fused-ring (bicyclic) bond motifs is 1. The molecule has 0 saturated carbocycles. The lowest BCUT2D eigenvalue weighted by molar-refractivity contribution is -0.159. The van der Waals surface area contributed by atoms with Crippen molar-refractivity contribution in [1.82, 2.24) is 20.4 Å². The Labute approximate surface area is 186 Å². The highest BCUT2D eigenvalue weighted by atomic mass is 19.4. The third-order valence-electron chi connectivity index (χ3n) is 6.22. The van der Waals surface area contributed by atoms with Gasteiger partial charge in [0.25, 0.3) is 5.91 Å². The first-order valence-electron chi connectivity index (χ1n) is 10.6. The quantitative estimate of drug-likeness (QED) is 0.735. The third kappa shape index (κ3) is 4.20. The van der Waals surface area contributed by atoms with Gasteiger partial charge in [-0.1, -0.05) is 17.3 Å². The van der Waals surface area contributed by atoms with Crippen molar-refractivity contribution < 1.29 is 36.8 Å². The molecule has 2 fully saturated rings. The monoisotopic (exact) mass is 466 g/mol. The van der Waals surface area contributed by atoms with Gasteiger partial charge in [0.05, 0.1) is 31.2 Å². The van der Waals surface area contributed by atoms with Gasteiger partial charge in [-0.15, -0.1) is 0 Å². The summed E-state index contributed by atoms with van der Waals surface area (Å²) < 4.78 is 53.5. The first-order chi connectivity index (χ1) is 15.8. The van der Waals surface area contributed by atoms with Gasteiger partial charge < -0.3 is 24.2 Å². The fourth-order valence-corrected chi connectivity index (χ4v) is 4.43. The van der Waals surface area contributed by atoms with Gasteiger partial charge in [-0.25, -0.2) is 0 Å². The van der Waals surface area contributed by atoms with Crippen LogP contribution >= 0.6 is 0 Å². The van der Waals surface area contributed by atoms with E-state index >= 15 is 0 Å². The Bertz CT molecular complexity index is 1070. The summed E-state index contributed by atoms with van der Waals surface area (Å²) in [4.78, 5) is 30.9. The number of hydrogen-bond acceptors (Lipinski definition) is 7. The molecule has 1 aromatic carbocycles. The van der Waals surface area contributed by atoms with Crippen LogP contribution in [0.15, 0.2) is 22.7 Å². The molecular formula is C21H21F3N4O5. The Hall–Kier alpha value is -2.99. The van der Waals surface area contributed by atoms with Crippen molar-refractivity contribution in [3.63, 3.8) is 0 Å². The highest BCUT2D eigenvalue weighted by molar-refractivity contribution is 5.99. The molecule has 2 amide bonds. The fourth-order valence-electron chi connectivity index (χ4n) is 4.43. The molecule has 33 heavy (non-hydrogen) atoms. The van der Waals surface area contributed by atoms with Crippen LogP contribution < -0.4 is 5.32 Å². The van der Waals surface area contributed by atoms with Crippen molar-refractivity contribution in [3.05, 3.63) is 35.2 Å². The number of hydrogen-bond donors (Lipinski definition) is 1. The van der Waals surface area contributed by atoms with Crippen molar-refractivity contribution >= 4 is 11.8 Å². The van der Waals surface area contributed by atoms with Gasteiger partial charge in [0.1, 0.15) is 0 Å². The lowest BCUT2D eigenvalue weighted by Gasteiger charge is -2.38. The standard InChI is InChI=1S/C21H21F3N4O5/c22-21(23,24)20-26-17(27-33-20)11-1-2-12-8-28(19(30)14(12)7-11)16-10-32-6-4-15(16)25-18(29)13-3-5-31-9-13/h1-2,7,13,15-16H,3-6,8-10H2,(H,25,29)/t13-,15+,16?/m1/s1. The van der Waals surface area contributed by atoms with Crippen LogP contribution in [0.2, 0.25) is 0 Å². The number of carbonyl (C=O) groups is 2. The number of benzene rings is 1. The maximum absolute atomic E-state index is 13.2. The summed E-state index contributed by atoms with van der Waals surface area (Å²) in [5, 5.41) is 6.44. The van der Waals surface area contributed by atoms with Crippen molar-refractivity contribution in [2.75, 3.05) is 26.4 Å². The highest BCUT2D eigenvalue weighted by Crippen LogP contribution is 2.33. The highest BCUT2D eigenvalue weighted by Gasteiger charge is 2.41. The average molecular weight is 466 g/mol. The smallest absolute Gasteiger partial charge is 0.381 e. The number of ether oxygens (including phenoxy) is 2. The van der Waals surface area contributed by atoms with E-state index in [9.17, 15) is 22.8 Å². The maximum atomic E-state index is 13.2. The second kappa shape index (κ2) is 8.41. The Morgan fingerprint density at radius 2 is 1.94 bits per heavy atom. The normalized spacial score (nSPS) is 25.4. The lowest BCUT2D eigenvalue weighted by atomic mass is 10.00. The molecule has 4 heterocycles. The molecule has 1 N–H and O–H groups in total. The zero-order chi connectivity index (χ0) is 23.2. The van der Waals surface area contributed by atoms with Crippen molar-refractivity contribution in [1.29, 1.82) is 0 Å². The summed E-state index contributed by atoms with van der Waals surface area (Å²) in [7, 11) is 0. The van der Waals surface area contributed by atoms with Gasteiger partial charge in [0.2, 0.25) is 11.7 Å². The summed E-state index contributed by atoms with van der Waals surface area (Å²) in [5.41, 5.74) is 1.32. The van der Waals surface area contributed by atoms with Gasteiger partial charge in [-0.3, -0.25) is 9.59 Å². The van der Waals surface area contributed by atoms with Crippen molar-refractivity contribution in [3.8, 4) is 11.4 Å². The van der Waals surface area contributed by atoms with E-state index in [0.29, 0.717) is 44.8 Å². The first-order valence-corrected chi connectivity index (χ1v) is 10.6. The molecule has 2 saturated heterocycles. The van der Waals surface area contributed by atoms with Gasteiger partial charge in [-0.2, -0.15) is 18.2 Å². The van der Waals surface area contributed by atoms with Crippen LogP contribution in [0.4, 0.5) is 13.2 Å². The molecule has 9 nitrogen and oxygen atoms in total. The minimum absolute atomic E-state index is 0.0894. The number of amides is 2. The molecule has 2 aromatic rings. The summed E-state index contributed by atoms with van der Waals surface area (Å²) in [6.07, 6.45) is -3.51. The van der Waals surface area contributed by atoms with E-state index < -0.39 is 12.1 Å². The number of nitrogens with one attached hydrogen (secondary N) is 1. The Kier molecular flexibility index (Phi) is 5.57. The second-order valence-electron chi connectivity index (χ2n) is 8.33. The third-order valence-corrected chi connectivity index (χ3v) is 6.22. The molecule has 176 valence electrons. The Morgan fingerprint density at radius 1 is 1.15 bits per heavy atom. The fraction of sp³-hybridized carbons (Fsp3) is 0.524. The molecule has 1 aromatic heterocycles. The van der Waals surface area contributed by atoms with E-state index in [1.165, 1.54) is 6.07 Å². The number of carbonyl (C=O) groups excluding carboxylic acids is 2. The van der Waals surface area contributed by atoms with E-state index in [4.69, 9.17) is 9.47 Å². The number of rotatable bonds is 4. The molecule has 1 unspecified atom stereocenters. The Balaban J connectivity index is 1.34. The zero-order valence-electron chi connectivity index (χ0n) is 17.4. The number of alkyl halides is 3. The van der Waals surface area contributed by atoms with Gasteiger partial charge in [0, 0.05) is 30.9 Å². The maximum Gasteiger partial charge on any atom is 0.471 e. The minimum atomic E-state index is -4.75. The van der Waals surface area contributed by atoms with E-state index in [-0.39, 0.29) is 47.8 Å². The van der Waals surface area contributed by atoms with Crippen LogP contribution in [-0.2, 0) is 27.0 Å². The van der Waals surface area contributed by atoms with Gasteiger partial charge >= 0.3 is 12.1 Å². The minimum Gasteiger partial charge on any atom is -0.381 e. The zero-order valence-corrected chi connectivity index (χ0v) is 17.4. The van der Waals surface area contributed by atoms with E-state index in [2.05, 4.69) is 20.0 Å². The number of halogens is 3. The van der Waals surface area contributed by atoms with Crippen molar-refractivity contribution in [2.45, 2.75) is 37.6 Å². The molecule has 3 aliphatic heterocycles. The largest absolute Gasteiger partial charge is 0.471 e. The van der Waals surface area contributed by atoms with E-state index in [1.807, 2.05) is 0 Å². The average Bonchev–Trinajstić information content (AvgIpc) is 3.54. The molecule has 3 aliphatic rings. The summed E-state index contributed by atoms with van der Waals surface area (Å²) in [5.74, 6) is -2.27. The number of nitrogens with zero attached hydrogens (tertiary/aromatic N) is 3. The van der Waals surface area contributed by atoms with Crippen LogP contribution in [-0.4, -0.2) is 65.4 Å². The predicted octanol–water partition coefficient (Wildman–Crippen LogP) is 2.02. The lowest BCUT2D eigenvalue weighted by Crippen LogP contribution is -2.57. The van der Waals surface area contributed by atoms with Crippen LogP contribution in [0.5, 0.6) is 0 Å². The van der Waals surface area contributed by atoms with Crippen molar-refractivity contribution in [2.24, 2.45) is 5.92 Å². The van der Waals surface area contributed by atoms with Crippen LogP contribution in [0.3, 0.4) is 0 Å². The molecular weight excluding hydrogens is 445 g/mol. The molecule has 12 heteroatoms. The van der Waals surface area contributed by atoms with Gasteiger partial charge in [0.15, 0.2) is 0 Å². The van der Waals surface area contributed by atoms with Crippen LogP contribution in [0, 0.1) is 5.92 Å². The SMILES string of the molecule is O=C(N[C@H]1CCOCC1N1Cc2ccc(-c3noc(C(F)(F)F)n3)cc2C1=O)[C@@H]1CCOC1. The molecule has 5 rings (SSSR count). The molecule has 0 spiro atoms. The van der Waals surface area contributed by atoms with E-state index in [1.54, 1.807) is 17.0 Å². The number of aromatic nitrogens is 2. The van der Waals surface area contributed by atoms with Crippen LogP contribution in [0.1, 0.15) is 34.7 Å². The van der Waals surface area contributed by atoms with Crippen LogP contribution in [0.25, 0.3) is 11.4 Å². The molecule has 0 aliphatic carbocycles. The molecule has 0 radical (unpaired) electrons. The first kappa shape index (κ1) is 21.8. The second-order valence-corrected chi connectivity index (χ2v) is 8.33. The summed E-state index contributed by atoms with van der Waals surface area (Å²) in [6.45, 7) is 2.01. The van der Waals surface area contributed by atoms with Gasteiger partial charge in [-0.05, 0) is 24.5 Å². The molecule has 0 bridgehead atoms. The Morgan fingerprint density at radius 3 is 2.67 bits per heavy atom. The summed E-state index contributed by atoms with van der Waals surface area (Å²) >= 11 is 0. The van der Waals surface area contributed by atoms with E-state index in [0.717, 1.165) is 5.56 Å². The predicted molar refractivity (Wildman–Crippen MR) is 105 cm³/mol. The topological polar surface area (TPSA) is 107 Å².